The predicted molar refractivity (Wildman–Crippen MR) is 87.5 cm³/mol. The van der Waals surface area contributed by atoms with Crippen LogP contribution >= 0.6 is 0 Å². The van der Waals surface area contributed by atoms with E-state index >= 15 is 0 Å². The van der Waals surface area contributed by atoms with E-state index in [4.69, 9.17) is 4.42 Å². The fourth-order valence-corrected chi connectivity index (χ4v) is 4.29. The third kappa shape index (κ3) is 2.92. The fraction of sp³-hybridized carbons (Fsp3) is 0.529. The SMILES string of the molecule is CC(=O)N1[C@H](Cn2cncn2)C[C@@H]2CN(C(=O)c3ccco3)CC[C@@H]21. The molecule has 2 aromatic rings. The lowest BCUT2D eigenvalue weighted by atomic mass is 9.92. The van der Waals surface area contributed by atoms with Crippen molar-refractivity contribution in [1.82, 2.24) is 24.6 Å². The number of fused-ring (bicyclic) bond motifs is 1. The van der Waals surface area contributed by atoms with Gasteiger partial charge in [0, 0.05) is 26.1 Å². The Morgan fingerprint density at radius 1 is 1.40 bits per heavy atom. The Morgan fingerprint density at radius 3 is 2.96 bits per heavy atom. The van der Waals surface area contributed by atoms with Gasteiger partial charge in [-0.05, 0) is 30.9 Å². The van der Waals surface area contributed by atoms with Crippen LogP contribution < -0.4 is 0 Å². The minimum atomic E-state index is -0.0717. The van der Waals surface area contributed by atoms with E-state index in [0.717, 1.165) is 12.8 Å². The third-order valence-corrected chi connectivity index (χ3v) is 5.27. The summed E-state index contributed by atoms with van der Waals surface area (Å²) in [5, 5.41) is 4.16. The standard InChI is InChI=1S/C17H21N5O3/c1-12(23)22-14(9-21-11-18-10-19-21)7-13-8-20(5-4-15(13)22)17(24)16-3-2-6-25-16/h2-3,6,10-11,13-15H,4-5,7-9H2,1H3/t13-,14+,15+/m1/s1. The zero-order valence-corrected chi connectivity index (χ0v) is 14.1. The first-order valence-electron chi connectivity index (χ1n) is 8.57. The number of carbonyl (C=O) groups excluding carboxylic acids is 2. The van der Waals surface area contributed by atoms with Crippen molar-refractivity contribution in [3.63, 3.8) is 0 Å². The van der Waals surface area contributed by atoms with E-state index < -0.39 is 0 Å². The lowest BCUT2D eigenvalue weighted by Gasteiger charge is -2.38. The number of carbonyl (C=O) groups is 2. The molecule has 3 atom stereocenters. The van der Waals surface area contributed by atoms with E-state index in [1.54, 1.807) is 30.1 Å². The van der Waals surface area contributed by atoms with Gasteiger partial charge < -0.3 is 14.2 Å². The average Bonchev–Trinajstić information content (AvgIpc) is 3.34. The molecule has 0 saturated carbocycles. The van der Waals surface area contributed by atoms with E-state index in [1.807, 2.05) is 9.80 Å². The van der Waals surface area contributed by atoms with Gasteiger partial charge in [0.15, 0.2) is 5.76 Å². The molecule has 2 fully saturated rings. The van der Waals surface area contributed by atoms with E-state index in [-0.39, 0.29) is 29.8 Å². The Balaban J connectivity index is 1.49. The van der Waals surface area contributed by atoms with Gasteiger partial charge in [0.1, 0.15) is 12.7 Å². The molecule has 2 aromatic heterocycles. The van der Waals surface area contributed by atoms with E-state index in [1.165, 1.54) is 12.6 Å². The summed E-state index contributed by atoms with van der Waals surface area (Å²) in [4.78, 5) is 32.6. The minimum Gasteiger partial charge on any atom is -0.459 e. The highest BCUT2D eigenvalue weighted by Crippen LogP contribution is 2.36. The highest BCUT2D eigenvalue weighted by molar-refractivity contribution is 5.91. The molecule has 0 spiro atoms. The van der Waals surface area contributed by atoms with Crippen molar-refractivity contribution in [2.45, 2.75) is 38.4 Å². The summed E-state index contributed by atoms with van der Waals surface area (Å²) >= 11 is 0. The third-order valence-electron chi connectivity index (χ3n) is 5.27. The van der Waals surface area contributed by atoms with Crippen molar-refractivity contribution in [1.29, 1.82) is 0 Å². The molecule has 132 valence electrons. The van der Waals surface area contributed by atoms with Crippen LogP contribution in [0.5, 0.6) is 0 Å². The number of likely N-dealkylation sites (tertiary alicyclic amines) is 2. The molecule has 0 N–H and O–H groups in total. The van der Waals surface area contributed by atoms with Crippen LogP contribution in [0.2, 0.25) is 0 Å². The van der Waals surface area contributed by atoms with Crippen LogP contribution in [0, 0.1) is 5.92 Å². The Bertz CT molecular complexity index is 742. The lowest BCUT2D eigenvalue weighted by Crippen LogP contribution is -2.50. The first-order chi connectivity index (χ1) is 12.1. The molecule has 0 aliphatic carbocycles. The predicted octanol–water partition coefficient (Wildman–Crippen LogP) is 1.02. The Hall–Kier alpha value is -2.64. The monoisotopic (exact) mass is 343 g/mol. The molecule has 4 rings (SSSR count). The van der Waals surface area contributed by atoms with Crippen molar-refractivity contribution in [3.8, 4) is 0 Å². The highest BCUT2D eigenvalue weighted by atomic mass is 16.3. The van der Waals surface area contributed by atoms with Crippen molar-refractivity contribution in [3.05, 3.63) is 36.8 Å². The second kappa shape index (κ2) is 6.34. The average molecular weight is 343 g/mol. The van der Waals surface area contributed by atoms with Gasteiger partial charge in [-0.25, -0.2) is 4.98 Å². The molecule has 0 bridgehead atoms. The molecule has 2 aliphatic heterocycles. The molecule has 0 radical (unpaired) electrons. The van der Waals surface area contributed by atoms with Crippen LogP contribution in [0.15, 0.2) is 35.5 Å². The number of hydrogen-bond acceptors (Lipinski definition) is 5. The molecule has 4 heterocycles. The van der Waals surface area contributed by atoms with Crippen LogP contribution in [0.25, 0.3) is 0 Å². The molecule has 0 aromatic carbocycles. The van der Waals surface area contributed by atoms with Gasteiger partial charge in [0.2, 0.25) is 5.91 Å². The van der Waals surface area contributed by atoms with Gasteiger partial charge in [-0.3, -0.25) is 14.3 Å². The van der Waals surface area contributed by atoms with Gasteiger partial charge in [0.05, 0.1) is 18.8 Å². The minimum absolute atomic E-state index is 0.0717. The molecule has 0 unspecified atom stereocenters. The number of nitrogens with zero attached hydrogens (tertiary/aromatic N) is 5. The van der Waals surface area contributed by atoms with Crippen LogP contribution in [-0.4, -0.2) is 61.6 Å². The van der Waals surface area contributed by atoms with E-state index in [9.17, 15) is 9.59 Å². The summed E-state index contributed by atoms with van der Waals surface area (Å²) in [7, 11) is 0. The number of hydrogen-bond donors (Lipinski definition) is 0. The Morgan fingerprint density at radius 2 is 2.28 bits per heavy atom. The number of piperidine rings is 1. The van der Waals surface area contributed by atoms with Gasteiger partial charge >= 0.3 is 0 Å². The highest BCUT2D eigenvalue weighted by Gasteiger charge is 2.46. The van der Waals surface area contributed by atoms with Crippen LogP contribution in [-0.2, 0) is 11.3 Å². The van der Waals surface area contributed by atoms with Gasteiger partial charge in [-0.2, -0.15) is 5.10 Å². The first-order valence-corrected chi connectivity index (χ1v) is 8.57. The van der Waals surface area contributed by atoms with Gasteiger partial charge in [-0.1, -0.05) is 0 Å². The maximum atomic E-state index is 12.5. The summed E-state index contributed by atoms with van der Waals surface area (Å²) in [5.74, 6) is 0.671. The van der Waals surface area contributed by atoms with Crippen LogP contribution in [0.1, 0.15) is 30.3 Å². The summed E-state index contributed by atoms with van der Waals surface area (Å²) in [6.07, 6.45) is 6.36. The number of furan rings is 1. The number of aromatic nitrogens is 3. The van der Waals surface area contributed by atoms with Crippen molar-refractivity contribution < 1.29 is 14.0 Å². The zero-order chi connectivity index (χ0) is 17.4. The Labute approximate surface area is 145 Å². The molecular formula is C17H21N5O3. The largest absolute Gasteiger partial charge is 0.459 e. The normalized spacial score (nSPS) is 25.9. The molecule has 2 amide bonds. The molecule has 2 saturated heterocycles. The summed E-state index contributed by atoms with van der Waals surface area (Å²) in [5.41, 5.74) is 0. The molecular weight excluding hydrogens is 322 g/mol. The maximum absolute atomic E-state index is 12.5. The fourth-order valence-electron chi connectivity index (χ4n) is 4.29. The first kappa shape index (κ1) is 15.9. The van der Waals surface area contributed by atoms with Gasteiger partial charge in [-0.15, -0.1) is 0 Å². The Kier molecular flexibility index (Phi) is 4.03. The van der Waals surface area contributed by atoms with E-state index in [2.05, 4.69) is 10.1 Å². The summed E-state index contributed by atoms with van der Waals surface area (Å²) < 4.78 is 7.00. The maximum Gasteiger partial charge on any atom is 0.289 e. The second-order valence-corrected chi connectivity index (χ2v) is 6.78. The topological polar surface area (TPSA) is 84.5 Å². The quantitative estimate of drug-likeness (QED) is 0.831. The molecule has 2 aliphatic rings. The molecule has 8 nitrogen and oxygen atoms in total. The van der Waals surface area contributed by atoms with Crippen molar-refractivity contribution in [2.24, 2.45) is 5.92 Å². The second-order valence-electron chi connectivity index (χ2n) is 6.78. The van der Waals surface area contributed by atoms with Gasteiger partial charge in [0.25, 0.3) is 5.91 Å². The zero-order valence-electron chi connectivity index (χ0n) is 14.1. The summed E-state index contributed by atoms with van der Waals surface area (Å²) in [6.45, 7) is 3.55. The van der Waals surface area contributed by atoms with Crippen molar-refractivity contribution >= 4 is 11.8 Å². The number of rotatable bonds is 3. The smallest absolute Gasteiger partial charge is 0.289 e. The van der Waals surface area contributed by atoms with Crippen LogP contribution in [0.4, 0.5) is 0 Å². The molecule has 8 heteroatoms. The molecule has 25 heavy (non-hydrogen) atoms. The number of amides is 2. The van der Waals surface area contributed by atoms with Crippen LogP contribution in [0.3, 0.4) is 0 Å². The van der Waals surface area contributed by atoms with E-state index in [0.29, 0.717) is 25.4 Å². The summed E-state index contributed by atoms with van der Waals surface area (Å²) in [6, 6.07) is 3.69. The van der Waals surface area contributed by atoms with Crippen molar-refractivity contribution in [2.75, 3.05) is 13.1 Å². The lowest BCUT2D eigenvalue weighted by molar-refractivity contribution is -0.132.